The zero-order valence-electron chi connectivity index (χ0n) is 19.0. The summed E-state index contributed by atoms with van der Waals surface area (Å²) in [5.74, 6) is -1.17. The molecule has 3 heterocycles. The number of aromatic nitrogens is 3. The Labute approximate surface area is 220 Å². The van der Waals surface area contributed by atoms with Crippen LogP contribution in [0.4, 0.5) is 5.13 Å². The molecule has 0 radical (unpaired) electrons. The fourth-order valence-corrected chi connectivity index (χ4v) is 5.79. The minimum atomic E-state index is -0.890. The van der Waals surface area contributed by atoms with Gasteiger partial charge < -0.3 is 5.11 Å². The van der Waals surface area contributed by atoms with E-state index in [-0.39, 0.29) is 16.5 Å². The van der Waals surface area contributed by atoms with E-state index in [1.807, 2.05) is 6.92 Å². The fraction of sp³-hybridized carbons (Fsp3) is 0.115. The molecule has 2 aromatic heterocycles. The van der Waals surface area contributed by atoms with Crippen molar-refractivity contribution in [3.63, 3.8) is 0 Å². The van der Waals surface area contributed by atoms with E-state index in [4.69, 9.17) is 11.6 Å². The Hall–Kier alpha value is -3.53. The normalized spacial score (nSPS) is 17.1. The van der Waals surface area contributed by atoms with Gasteiger partial charge in [0.05, 0.1) is 11.6 Å². The second-order valence-corrected chi connectivity index (χ2v) is 10.7. The number of ketones is 1. The molecule has 7 nitrogen and oxygen atoms in total. The molecule has 1 N–H and O–H groups in total. The number of benzene rings is 2. The first-order valence-corrected chi connectivity index (χ1v) is 13.1. The van der Waals surface area contributed by atoms with Gasteiger partial charge in [-0.1, -0.05) is 76.7 Å². The number of aliphatic hydroxyl groups is 1. The maximum atomic E-state index is 13.2. The topological polar surface area (TPSA) is 96.3 Å². The van der Waals surface area contributed by atoms with Gasteiger partial charge in [-0.3, -0.25) is 19.5 Å². The van der Waals surface area contributed by atoms with Gasteiger partial charge in [-0.2, -0.15) is 0 Å². The molecule has 2 aromatic carbocycles. The number of halogens is 1. The van der Waals surface area contributed by atoms with Crippen molar-refractivity contribution in [3.05, 3.63) is 106 Å². The highest BCUT2D eigenvalue weighted by atomic mass is 35.5. The van der Waals surface area contributed by atoms with Gasteiger partial charge >= 0.3 is 5.91 Å². The minimum absolute atomic E-state index is 0.0300. The van der Waals surface area contributed by atoms with Gasteiger partial charge in [0.2, 0.25) is 5.13 Å². The Morgan fingerprint density at radius 2 is 1.72 bits per heavy atom. The van der Waals surface area contributed by atoms with Crippen LogP contribution in [0.15, 0.2) is 83.0 Å². The highest BCUT2D eigenvalue weighted by Gasteiger charge is 2.48. The van der Waals surface area contributed by atoms with Gasteiger partial charge in [-0.05, 0) is 42.3 Å². The van der Waals surface area contributed by atoms with E-state index >= 15 is 0 Å². The lowest BCUT2D eigenvalue weighted by Crippen LogP contribution is -2.29. The van der Waals surface area contributed by atoms with Crippen molar-refractivity contribution in [3.8, 4) is 0 Å². The monoisotopic (exact) mass is 534 g/mol. The molecule has 10 heteroatoms. The quantitative estimate of drug-likeness (QED) is 0.109. The van der Waals surface area contributed by atoms with Crippen LogP contribution in [0.2, 0.25) is 5.02 Å². The molecule has 1 unspecified atom stereocenters. The highest BCUT2D eigenvalue weighted by molar-refractivity contribution is 8.00. The van der Waals surface area contributed by atoms with Crippen LogP contribution in [0, 0.1) is 6.92 Å². The van der Waals surface area contributed by atoms with E-state index in [9.17, 15) is 14.7 Å². The van der Waals surface area contributed by atoms with Crippen molar-refractivity contribution in [2.75, 3.05) is 4.90 Å². The number of anilines is 1. The molecule has 1 aliphatic rings. The third-order valence-corrected chi connectivity index (χ3v) is 8.05. The van der Waals surface area contributed by atoms with Crippen LogP contribution in [0.3, 0.4) is 0 Å². The van der Waals surface area contributed by atoms with Crippen molar-refractivity contribution >= 4 is 57.3 Å². The molecule has 0 aliphatic carbocycles. The van der Waals surface area contributed by atoms with Crippen LogP contribution in [-0.2, 0) is 15.3 Å². The molecule has 0 saturated carbocycles. The molecule has 1 saturated heterocycles. The molecule has 1 amide bonds. The van der Waals surface area contributed by atoms with Crippen LogP contribution < -0.4 is 4.90 Å². The molecule has 1 atom stereocenters. The summed E-state index contributed by atoms with van der Waals surface area (Å²) in [4.78, 5) is 31.7. The van der Waals surface area contributed by atoms with Crippen LogP contribution in [-0.4, -0.2) is 32.0 Å². The summed E-state index contributed by atoms with van der Waals surface area (Å²) in [7, 11) is 0. The smallest absolute Gasteiger partial charge is 0.301 e. The van der Waals surface area contributed by atoms with E-state index in [0.29, 0.717) is 26.2 Å². The lowest BCUT2D eigenvalue weighted by Gasteiger charge is -2.22. The van der Waals surface area contributed by atoms with Crippen molar-refractivity contribution in [2.24, 2.45) is 0 Å². The summed E-state index contributed by atoms with van der Waals surface area (Å²) in [5, 5.41) is 20.3. The van der Waals surface area contributed by atoms with Crippen molar-refractivity contribution < 1.29 is 14.7 Å². The minimum Gasteiger partial charge on any atom is -0.507 e. The number of aliphatic hydroxyl groups excluding tert-OH is 1. The fourth-order valence-electron chi connectivity index (χ4n) is 3.84. The first kappa shape index (κ1) is 24.2. The number of amides is 1. The Bertz CT molecular complexity index is 1450. The lowest BCUT2D eigenvalue weighted by atomic mass is 9.96. The van der Waals surface area contributed by atoms with Crippen LogP contribution in [0.25, 0.3) is 5.76 Å². The number of pyridine rings is 1. The molecule has 0 bridgehead atoms. The number of carbonyl (C=O) groups excluding carboxylic acids is 2. The molecule has 4 aromatic rings. The number of hydrogen-bond donors (Lipinski definition) is 1. The number of Topliss-reactive ketones (excluding diaryl/α,β-unsaturated/α-hetero) is 1. The zero-order chi connectivity index (χ0) is 25.2. The summed E-state index contributed by atoms with van der Waals surface area (Å²) in [5.41, 5.74) is 3.29. The van der Waals surface area contributed by atoms with Crippen molar-refractivity contribution in [2.45, 2.75) is 23.1 Å². The molecular formula is C26H19ClN4O3S2. The molecule has 1 fully saturated rings. The summed E-state index contributed by atoms with van der Waals surface area (Å²) < 4.78 is 0.663. The molecule has 36 heavy (non-hydrogen) atoms. The number of hydrogen-bond acceptors (Lipinski definition) is 8. The summed E-state index contributed by atoms with van der Waals surface area (Å²) in [6.07, 6.45) is 3.01. The summed E-state index contributed by atoms with van der Waals surface area (Å²) in [6.45, 7) is 2.04. The van der Waals surface area contributed by atoms with Gasteiger partial charge in [-0.25, -0.2) is 0 Å². The van der Waals surface area contributed by atoms with Crippen LogP contribution in [0.5, 0.6) is 0 Å². The standard InChI is InChI=1S/C26H19ClN4O3S2/c1-15-2-4-16(5-3-15)14-35-26-30-29-25(36-26)31-21(17-6-8-19(27)9-7-17)20(23(33)24(31)34)22(32)18-10-12-28-13-11-18/h2-13,21,32H,14H2,1H3/b22-20+. The average molecular weight is 535 g/mol. The van der Waals surface area contributed by atoms with Crippen molar-refractivity contribution in [1.82, 2.24) is 15.2 Å². The third-order valence-electron chi connectivity index (χ3n) is 5.67. The molecule has 5 rings (SSSR count). The SMILES string of the molecule is Cc1ccc(CSc2nnc(N3C(=O)C(=O)/C(=C(/O)c4ccncc4)C3c3ccc(Cl)cc3)s2)cc1. The van der Waals surface area contributed by atoms with Gasteiger partial charge in [0.15, 0.2) is 4.34 Å². The van der Waals surface area contributed by atoms with Crippen molar-refractivity contribution in [1.29, 1.82) is 0 Å². The maximum absolute atomic E-state index is 13.2. The Morgan fingerprint density at radius 3 is 2.42 bits per heavy atom. The van der Waals surface area contributed by atoms with Gasteiger partial charge in [0.1, 0.15) is 5.76 Å². The number of aryl methyl sites for hydroxylation is 1. The Kier molecular flexibility index (Phi) is 6.86. The number of carbonyl (C=O) groups is 2. The van der Waals surface area contributed by atoms with Gasteiger partial charge in [0.25, 0.3) is 5.78 Å². The summed E-state index contributed by atoms with van der Waals surface area (Å²) in [6, 6.07) is 17.3. The first-order chi connectivity index (χ1) is 17.4. The zero-order valence-corrected chi connectivity index (χ0v) is 21.3. The van der Waals surface area contributed by atoms with E-state index in [2.05, 4.69) is 39.4 Å². The predicted octanol–water partition coefficient (Wildman–Crippen LogP) is 5.81. The lowest BCUT2D eigenvalue weighted by molar-refractivity contribution is -0.132. The third kappa shape index (κ3) is 4.77. The molecule has 1 aliphatic heterocycles. The molecule has 0 spiro atoms. The van der Waals surface area contributed by atoms with Gasteiger partial charge in [0, 0.05) is 28.7 Å². The Morgan fingerprint density at radius 1 is 1.03 bits per heavy atom. The molecule has 180 valence electrons. The maximum Gasteiger partial charge on any atom is 0.301 e. The second-order valence-electron chi connectivity index (χ2n) is 8.08. The molecular weight excluding hydrogens is 516 g/mol. The largest absolute Gasteiger partial charge is 0.507 e. The predicted molar refractivity (Wildman–Crippen MR) is 141 cm³/mol. The number of nitrogens with zero attached hydrogens (tertiary/aromatic N) is 4. The highest BCUT2D eigenvalue weighted by Crippen LogP contribution is 2.44. The van der Waals surface area contributed by atoms with E-state index in [1.54, 1.807) is 36.4 Å². The average Bonchev–Trinajstić information content (AvgIpc) is 3.46. The first-order valence-electron chi connectivity index (χ1n) is 10.9. The van der Waals surface area contributed by atoms with Gasteiger partial charge in [-0.15, -0.1) is 10.2 Å². The summed E-state index contributed by atoms with van der Waals surface area (Å²) >= 11 is 8.81. The van der Waals surface area contributed by atoms with Crippen LogP contribution in [0.1, 0.15) is 28.3 Å². The number of thioether (sulfide) groups is 1. The van der Waals surface area contributed by atoms with E-state index < -0.39 is 17.7 Å². The number of rotatable bonds is 6. The second kappa shape index (κ2) is 10.2. The Balaban J connectivity index is 1.52. The van der Waals surface area contributed by atoms with E-state index in [1.165, 1.54) is 46.0 Å². The van der Waals surface area contributed by atoms with Crippen LogP contribution >= 0.6 is 34.7 Å². The van der Waals surface area contributed by atoms with E-state index in [0.717, 1.165) is 5.56 Å².